The number of anilines is 1. The number of benzene rings is 1. The van der Waals surface area contributed by atoms with Crippen LogP contribution in [-0.4, -0.2) is 15.6 Å². The Bertz CT molecular complexity index is 770. The lowest BCUT2D eigenvalue weighted by Crippen LogP contribution is -1.96. The van der Waals surface area contributed by atoms with Crippen LogP contribution in [0.3, 0.4) is 0 Å². The maximum atomic E-state index is 5.84. The molecule has 0 unspecified atom stereocenters. The molecule has 3 aromatic rings. The molecule has 4 nitrogen and oxygen atoms in total. The van der Waals surface area contributed by atoms with Crippen LogP contribution in [0, 0.1) is 13.8 Å². The van der Waals surface area contributed by atoms with Gasteiger partial charge in [-0.15, -0.1) is 11.3 Å². The Kier molecular flexibility index (Phi) is 3.46. The zero-order valence-corrected chi connectivity index (χ0v) is 12.7. The van der Waals surface area contributed by atoms with Crippen LogP contribution in [0.15, 0.2) is 34.7 Å². The predicted molar refractivity (Wildman–Crippen MR) is 85.2 cm³/mol. The first-order chi connectivity index (χ1) is 9.65. The van der Waals surface area contributed by atoms with Gasteiger partial charge >= 0.3 is 0 Å². The Balaban J connectivity index is 1.85. The second kappa shape index (κ2) is 5.26. The summed E-state index contributed by atoms with van der Waals surface area (Å²) < 4.78 is 2.10. The van der Waals surface area contributed by atoms with Gasteiger partial charge in [0.05, 0.1) is 23.3 Å². The molecule has 0 spiro atoms. The third-order valence-electron chi connectivity index (χ3n) is 2.98. The fourth-order valence-corrected chi connectivity index (χ4v) is 3.01. The number of thiazole rings is 1. The lowest BCUT2D eigenvalue weighted by atomic mass is 10.3. The van der Waals surface area contributed by atoms with E-state index in [9.17, 15) is 0 Å². The normalized spacial score (nSPS) is 11.6. The lowest BCUT2D eigenvalue weighted by Gasteiger charge is -2.00. The summed E-state index contributed by atoms with van der Waals surface area (Å²) in [6.07, 6.45) is 1.80. The Hall–Kier alpha value is -1.85. The Morgan fingerprint density at radius 3 is 2.80 bits per heavy atom. The molecule has 0 aliphatic carbocycles. The highest BCUT2D eigenvalue weighted by Gasteiger charge is 2.09. The summed E-state index contributed by atoms with van der Waals surface area (Å²) in [5.41, 5.74) is 7.02. The number of aryl methyl sites for hydroxylation is 2. The van der Waals surface area contributed by atoms with E-state index in [4.69, 9.17) is 11.6 Å². The minimum absolute atomic E-state index is 0.710. The molecule has 0 saturated carbocycles. The molecule has 1 aromatic carbocycles. The maximum Gasteiger partial charge on any atom is 0.194 e. The van der Waals surface area contributed by atoms with Crippen molar-refractivity contribution in [3.8, 4) is 0 Å². The van der Waals surface area contributed by atoms with Crippen molar-refractivity contribution in [2.24, 2.45) is 5.10 Å². The highest BCUT2D eigenvalue weighted by atomic mass is 35.5. The van der Waals surface area contributed by atoms with Crippen LogP contribution in [0.25, 0.3) is 4.96 Å². The van der Waals surface area contributed by atoms with Crippen molar-refractivity contribution in [3.63, 3.8) is 0 Å². The molecule has 0 bridgehead atoms. The van der Waals surface area contributed by atoms with Gasteiger partial charge in [-0.05, 0) is 38.1 Å². The van der Waals surface area contributed by atoms with Crippen LogP contribution in [0.2, 0.25) is 5.02 Å². The van der Waals surface area contributed by atoms with Crippen LogP contribution >= 0.6 is 22.9 Å². The molecular weight excluding hydrogens is 292 g/mol. The number of halogens is 1. The lowest BCUT2D eigenvalue weighted by molar-refractivity contribution is 1.11. The van der Waals surface area contributed by atoms with Crippen LogP contribution < -0.4 is 5.43 Å². The second-order valence-electron chi connectivity index (χ2n) is 4.45. The number of hydrogen-bond donors (Lipinski definition) is 1. The standard InChI is InChI=1S/C14H13ClN4S/c1-9-8-20-14-17-10(2)13(19(9)14)7-16-18-12-5-3-11(15)4-6-12/h3-8,18H,1-2H3/b16-7+. The molecule has 0 fully saturated rings. The van der Waals surface area contributed by atoms with E-state index >= 15 is 0 Å². The smallest absolute Gasteiger partial charge is 0.194 e. The van der Waals surface area contributed by atoms with Crippen molar-refractivity contribution in [1.82, 2.24) is 9.38 Å². The highest BCUT2D eigenvalue weighted by Crippen LogP contribution is 2.19. The fraction of sp³-hybridized carbons (Fsp3) is 0.143. The van der Waals surface area contributed by atoms with E-state index in [1.54, 1.807) is 17.6 Å². The van der Waals surface area contributed by atoms with E-state index in [0.717, 1.165) is 22.0 Å². The molecule has 2 aromatic heterocycles. The van der Waals surface area contributed by atoms with Crippen LogP contribution in [-0.2, 0) is 0 Å². The quantitative estimate of drug-likeness (QED) is 0.584. The summed E-state index contributed by atoms with van der Waals surface area (Å²) in [7, 11) is 0. The number of imidazole rings is 1. The third kappa shape index (κ3) is 2.42. The molecule has 0 aliphatic rings. The minimum Gasteiger partial charge on any atom is -0.286 e. The average Bonchev–Trinajstić information content (AvgIpc) is 2.93. The van der Waals surface area contributed by atoms with Gasteiger partial charge in [0.15, 0.2) is 4.96 Å². The summed E-state index contributed by atoms with van der Waals surface area (Å²) in [4.78, 5) is 5.51. The van der Waals surface area contributed by atoms with E-state index in [2.05, 4.69) is 32.2 Å². The first-order valence-corrected chi connectivity index (χ1v) is 7.38. The van der Waals surface area contributed by atoms with Crippen molar-refractivity contribution in [2.45, 2.75) is 13.8 Å². The van der Waals surface area contributed by atoms with E-state index in [1.807, 2.05) is 31.2 Å². The first kappa shape index (κ1) is 13.1. The van der Waals surface area contributed by atoms with Crippen molar-refractivity contribution >= 4 is 39.8 Å². The minimum atomic E-state index is 0.710. The second-order valence-corrected chi connectivity index (χ2v) is 5.73. The zero-order valence-electron chi connectivity index (χ0n) is 11.1. The van der Waals surface area contributed by atoms with Crippen molar-refractivity contribution in [2.75, 3.05) is 5.43 Å². The molecule has 0 amide bonds. The van der Waals surface area contributed by atoms with Gasteiger partial charge in [-0.25, -0.2) is 4.98 Å². The summed E-state index contributed by atoms with van der Waals surface area (Å²) in [6, 6.07) is 7.41. The number of nitrogens with one attached hydrogen (secondary N) is 1. The number of aromatic nitrogens is 2. The molecule has 20 heavy (non-hydrogen) atoms. The first-order valence-electron chi connectivity index (χ1n) is 6.13. The largest absolute Gasteiger partial charge is 0.286 e. The van der Waals surface area contributed by atoms with Crippen molar-refractivity contribution < 1.29 is 0 Å². The van der Waals surface area contributed by atoms with E-state index in [1.165, 1.54) is 5.69 Å². The van der Waals surface area contributed by atoms with Gasteiger partial charge in [-0.1, -0.05) is 11.6 Å². The van der Waals surface area contributed by atoms with Crippen molar-refractivity contribution in [1.29, 1.82) is 0 Å². The monoisotopic (exact) mass is 304 g/mol. The third-order valence-corrected chi connectivity index (χ3v) is 4.17. The van der Waals surface area contributed by atoms with Crippen LogP contribution in [0.5, 0.6) is 0 Å². The van der Waals surface area contributed by atoms with E-state index in [-0.39, 0.29) is 0 Å². The molecule has 0 radical (unpaired) electrons. The zero-order chi connectivity index (χ0) is 14.1. The van der Waals surface area contributed by atoms with Gasteiger partial charge < -0.3 is 0 Å². The number of nitrogens with zero attached hydrogens (tertiary/aromatic N) is 3. The highest BCUT2D eigenvalue weighted by molar-refractivity contribution is 7.15. The fourth-order valence-electron chi connectivity index (χ4n) is 1.97. The summed E-state index contributed by atoms with van der Waals surface area (Å²) >= 11 is 7.48. The molecule has 6 heteroatoms. The Morgan fingerprint density at radius 1 is 1.30 bits per heavy atom. The van der Waals surface area contributed by atoms with E-state index < -0.39 is 0 Å². The molecule has 0 saturated heterocycles. The summed E-state index contributed by atoms with van der Waals surface area (Å²) in [5.74, 6) is 0. The van der Waals surface area contributed by atoms with Gasteiger partial charge in [-0.2, -0.15) is 5.10 Å². The van der Waals surface area contributed by atoms with Gasteiger partial charge in [0, 0.05) is 16.1 Å². The van der Waals surface area contributed by atoms with Crippen molar-refractivity contribution in [3.05, 3.63) is 51.7 Å². The number of fused-ring (bicyclic) bond motifs is 1. The maximum absolute atomic E-state index is 5.84. The number of hydrazone groups is 1. The van der Waals surface area contributed by atoms with E-state index in [0.29, 0.717) is 5.02 Å². The molecule has 0 aliphatic heterocycles. The van der Waals surface area contributed by atoms with Gasteiger partial charge in [0.25, 0.3) is 0 Å². The molecule has 102 valence electrons. The predicted octanol–water partition coefficient (Wildman–Crippen LogP) is 4.11. The van der Waals surface area contributed by atoms with Gasteiger partial charge in [-0.3, -0.25) is 9.83 Å². The molecule has 3 rings (SSSR count). The topological polar surface area (TPSA) is 41.7 Å². The summed E-state index contributed by atoms with van der Waals surface area (Å²) in [6.45, 7) is 4.05. The van der Waals surface area contributed by atoms with Gasteiger partial charge in [0.2, 0.25) is 0 Å². The molecule has 1 N–H and O–H groups in total. The molecular formula is C14H13ClN4S. The Morgan fingerprint density at radius 2 is 2.05 bits per heavy atom. The van der Waals surface area contributed by atoms with Gasteiger partial charge in [0.1, 0.15) is 0 Å². The van der Waals surface area contributed by atoms with Crippen LogP contribution in [0.1, 0.15) is 17.1 Å². The SMILES string of the molecule is Cc1nc2scc(C)n2c1/C=N/Nc1ccc(Cl)cc1. The van der Waals surface area contributed by atoms with Crippen LogP contribution in [0.4, 0.5) is 5.69 Å². The Labute approximate surface area is 125 Å². The summed E-state index contributed by atoms with van der Waals surface area (Å²) in [5, 5.41) is 7.07. The average molecular weight is 305 g/mol. The molecule has 0 atom stereocenters. The number of hydrogen-bond acceptors (Lipinski definition) is 4. The molecule has 2 heterocycles. The number of rotatable bonds is 3.